The summed E-state index contributed by atoms with van der Waals surface area (Å²) in [7, 11) is 0. The van der Waals surface area contributed by atoms with E-state index in [1.165, 1.54) is 0 Å². The van der Waals surface area contributed by atoms with Gasteiger partial charge in [-0.15, -0.1) is 0 Å². The zero-order valence-electron chi connectivity index (χ0n) is 4.05. The van der Waals surface area contributed by atoms with E-state index >= 15 is 0 Å². The normalized spacial score (nSPS) is 5.56. The van der Waals surface area contributed by atoms with Crippen molar-refractivity contribution in [3.8, 4) is 0 Å². The summed E-state index contributed by atoms with van der Waals surface area (Å²) < 4.78 is 51.7. The second-order valence-electron chi connectivity index (χ2n) is 0.447. The summed E-state index contributed by atoms with van der Waals surface area (Å²) in [6.45, 7) is 0. The molecular weight excluding hydrogens is 579 g/mol. The molecule has 0 amide bonds. The Morgan fingerprint density at radius 2 is 0.778 bits per heavy atom. The van der Waals surface area contributed by atoms with Crippen LogP contribution in [0.15, 0.2) is 0 Å². The van der Waals surface area contributed by atoms with Gasteiger partial charge in [0, 0.05) is 0 Å². The van der Waals surface area contributed by atoms with Crippen molar-refractivity contribution in [2.75, 3.05) is 0 Å². The smallest absolute Gasteiger partial charge is 2.00 e. The van der Waals surface area contributed by atoms with Crippen LogP contribution >= 0.6 is 0 Å². The summed E-state index contributed by atoms with van der Waals surface area (Å²) in [5.41, 5.74) is 0. The molecule has 0 atom stereocenters. The van der Waals surface area contributed by atoms with Gasteiger partial charge >= 0.3 is 81.5 Å². The molecule has 9 heteroatoms. The SMILES string of the molecule is [O]=[Bi](=[O])[O-].[O]=[Bi](=[O])[O-].[Zn+2]. The Morgan fingerprint density at radius 3 is 0.778 bits per heavy atom. The molecule has 0 aliphatic heterocycles. The maximum Gasteiger partial charge on any atom is 2.00 e. The average molecular weight is 579 g/mol. The molecule has 0 rings (SSSR count). The molecule has 0 aromatic carbocycles. The third kappa shape index (κ3) is 235. The van der Waals surface area contributed by atoms with Crippen molar-refractivity contribution < 1.29 is 37.1 Å². The Bertz CT molecular complexity index is 128. The fraction of sp³-hybridized carbons (Fsp3) is 0. The van der Waals surface area contributed by atoms with Gasteiger partial charge in [0.05, 0.1) is 0 Å². The van der Waals surface area contributed by atoms with Crippen LogP contribution in [0.1, 0.15) is 0 Å². The molecule has 0 aromatic rings. The molecule has 0 saturated heterocycles. The minimum Gasteiger partial charge on any atom is 2.00 e. The number of rotatable bonds is 0. The third-order valence-corrected chi connectivity index (χ3v) is 0. The van der Waals surface area contributed by atoms with Gasteiger partial charge in [-0.3, -0.25) is 0 Å². The van der Waals surface area contributed by atoms with Crippen LogP contribution in [0, 0.1) is 0 Å². The minimum absolute atomic E-state index is 0. The molecule has 0 radical (unpaired) electrons. The van der Waals surface area contributed by atoms with Crippen LogP contribution in [0.2, 0.25) is 0 Å². The summed E-state index contributed by atoms with van der Waals surface area (Å²) in [6.07, 6.45) is 0. The van der Waals surface area contributed by atoms with Crippen LogP contribution in [-0.4, -0.2) is 44.4 Å². The number of hydrogen-bond donors (Lipinski definition) is 0. The Kier molecular flexibility index (Phi) is 22.9. The monoisotopic (exact) mass is 578 g/mol. The van der Waals surface area contributed by atoms with E-state index in [0.29, 0.717) is 0 Å². The van der Waals surface area contributed by atoms with Gasteiger partial charge in [0.1, 0.15) is 0 Å². The van der Waals surface area contributed by atoms with Crippen molar-refractivity contribution in [2.24, 2.45) is 0 Å². The van der Waals surface area contributed by atoms with E-state index in [1.807, 2.05) is 0 Å². The average Bonchev–Trinajstić information content (AvgIpc) is 1.25. The molecule has 0 bridgehead atoms. The molecule has 0 aliphatic carbocycles. The van der Waals surface area contributed by atoms with Crippen LogP contribution in [0.3, 0.4) is 0 Å². The fourth-order valence-corrected chi connectivity index (χ4v) is 0. The minimum atomic E-state index is -4.34. The van der Waals surface area contributed by atoms with Crippen molar-refractivity contribution in [3.63, 3.8) is 0 Å². The Labute approximate surface area is 80.4 Å². The molecule has 0 unspecified atom stereocenters. The first kappa shape index (κ1) is 16.9. The van der Waals surface area contributed by atoms with E-state index in [2.05, 4.69) is 0 Å². The summed E-state index contributed by atoms with van der Waals surface area (Å²) >= 11 is -8.69. The standard InChI is InChI=1S/2Bi.6O.Zn/q;;;;;;2*-1;+2. The largest absolute Gasteiger partial charge is 2.00 e. The van der Waals surface area contributed by atoms with Gasteiger partial charge in [0.25, 0.3) is 0 Å². The van der Waals surface area contributed by atoms with E-state index in [-0.39, 0.29) is 19.5 Å². The van der Waals surface area contributed by atoms with Gasteiger partial charge in [0.15, 0.2) is 0 Å². The maximum atomic E-state index is 8.62. The van der Waals surface area contributed by atoms with Gasteiger partial charge in [0.2, 0.25) is 0 Å². The van der Waals surface area contributed by atoms with Crippen molar-refractivity contribution in [1.29, 1.82) is 0 Å². The molecule has 0 saturated carbocycles. The summed E-state index contributed by atoms with van der Waals surface area (Å²) in [4.78, 5) is 0. The van der Waals surface area contributed by atoms with Crippen molar-refractivity contribution in [2.45, 2.75) is 0 Å². The van der Waals surface area contributed by atoms with Gasteiger partial charge in [-0.25, -0.2) is 0 Å². The first-order valence-corrected chi connectivity index (χ1v) is 9.61. The van der Waals surface area contributed by atoms with Crippen LogP contribution in [0.25, 0.3) is 0 Å². The van der Waals surface area contributed by atoms with Crippen LogP contribution in [0.4, 0.5) is 0 Å². The molecule has 9 heavy (non-hydrogen) atoms. The fourth-order valence-electron chi connectivity index (χ4n) is 0. The van der Waals surface area contributed by atoms with E-state index in [9.17, 15) is 0 Å². The topological polar surface area (TPSA) is 114 Å². The zero-order valence-corrected chi connectivity index (χ0v) is 14.0. The van der Waals surface area contributed by atoms with E-state index in [4.69, 9.17) is 17.6 Å². The van der Waals surface area contributed by atoms with Crippen LogP contribution < -0.4 is 6.37 Å². The van der Waals surface area contributed by atoms with Crippen molar-refractivity contribution >= 4 is 44.4 Å². The molecule has 6 nitrogen and oxygen atoms in total. The van der Waals surface area contributed by atoms with Crippen LogP contribution in [0.5, 0.6) is 0 Å². The first-order chi connectivity index (χ1) is 3.46. The predicted molar refractivity (Wildman–Crippen MR) is 14.3 cm³/mol. The second kappa shape index (κ2) is 12.2. The second-order valence-corrected chi connectivity index (χ2v) is 3.92. The van der Waals surface area contributed by atoms with Gasteiger partial charge in [-0.1, -0.05) is 0 Å². The van der Waals surface area contributed by atoms with Crippen LogP contribution in [-0.2, 0) is 30.7 Å². The summed E-state index contributed by atoms with van der Waals surface area (Å²) in [5, 5.41) is 0. The molecule has 0 spiro atoms. The van der Waals surface area contributed by atoms with E-state index in [1.54, 1.807) is 0 Å². The molecule has 48 valence electrons. The molecule has 0 aliphatic rings. The first-order valence-electron chi connectivity index (χ1n) is 1.10. The summed E-state index contributed by atoms with van der Waals surface area (Å²) in [5.74, 6) is 0. The quantitative estimate of drug-likeness (QED) is 0.274. The summed E-state index contributed by atoms with van der Waals surface area (Å²) in [6, 6.07) is 0. The molecule has 0 fully saturated rings. The molecule has 0 heterocycles. The van der Waals surface area contributed by atoms with Crippen molar-refractivity contribution in [3.05, 3.63) is 0 Å². The Hall–Kier alpha value is 1.51. The molecular formula is Bi2O6Zn. The Balaban J connectivity index is -0.0000000720. The predicted octanol–water partition coefficient (Wildman–Crippen LogP) is -3.62. The van der Waals surface area contributed by atoms with Crippen molar-refractivity contribution in [1.82, 2.24) is 0 Å². The Morgan fingerprint density at radius 1 is 0.778 bits per heavy atom. The third-order valence-electron chi connectivity index (χ3n) is 0. The molecule has 0 aromatic heterocycles. The van der Waals surface area contributed by atoms with Gasteiger partial charge < -0.3 is 0 Å². The van der Waals surface area contributed by atoms with E-state index < -0.39 is 44.4 Å². The van der Waals surface area contributed by atoms with Gasteiger partial charge in [-0.2, -0.15) is 0 Å². The molecule has 0 N–H and O–H groups in total. The zero-order chi connectivity index (χ0) is 7.15. The number of hydrogen-bond acceptors (Lipinski definition) is 6. The van der Waals surface area contributed by atoms with E-state index in [0.717, 1.165) is 0 Å². The maximum absolute atomic E-state index is 8.62. The van der Waals surface area contributed by atoms with Gasteiger partial charge in [-0.05, 0) is 0 Å².